The highest BCUT2D eigenvalue weighted by atomic mass is 79.9. The molecule has 0 saturated carbocycles. The van der Waals surface area contributed by atoms with E-state index in [9.17, 15) is 9.59 Å². The van der Waals surface area contributed by atoms with E-state index in [1.807, 2.05) is 38.1 Å². The fourth-order valence-electron chi connectivity index (χ4n) is 2.15. The van der Waals surface area contributed by atoms with Crippen molar-refractivity contribution in [2.24, 2.45) is 0 Å². The van der Waals surface area contributed by atoms with Crippen molar-refractivity contribution >= 4 is 27.7 Å². The van der Waals surface area contributed by atoms with Crippen molar-refractivity contribution < 1.29 is 14.3 Å². The molecule has 0 aromatic heterocycles. The van der Waals surface area contributed by atoms with Crippen LogP contribution in [0.15, 0.2) is 46.9 Å². The molecule has 0 aliphatic rings. The maximum Gasteiger partial charge on any atom is 0.279 e. The smallest absolute Gasteiger partial charge is 0.279 e. The van der Waals surface area contributed by atoms with Crippen molar-refractivity contribution in [3.05, 3.63) is 63.6 Å². The second-order valence-corrected chi connectivity index (χ2v) is 6.39. The van der Waals surface area contributed by atoms with Crippen molar-refractivity contribution in [3.8, 4) is 5.75 Å². The molecule has 0 heterocycles. The Kier molecular flexibility index (Phi) is 5.98. The number of carbonyl (C=O) groups is 2. The van der Waals surface area contributed by atoms with E-state index < -0.39 is 12.0 Å². The molecule has 0 fully saturated rings. The highest BCUT2D eigenvalue weighted by molar-refractivity contribution is 9.10. The van der Waals surface area contributed by atoms with E-state index in [1.54, 1.807) is 25.1 Å². The molecule has 0 unspecified atom stereocenters. The van der Waals surface area contributed by atoms with Crippen LogP contribution in [0, 0.1) is 13.8 Å². The first kappa shape index (κ1) is 18.0. The molecule has 2 aromatic carbocycles. The highest BCUT2D eigenvalue weighted by Gasteiger charge is 2.16. The van der Waals surface area contributed by atoms with E-state index in [4.69, 9.17) is 4.74 Å². The lowest BCUT2D eigenvalue weighted by Crippen LogP contribution is -2.47. The van der Waals surface area contributed by atoms with Gasteiger partial charge in [-0.25, -0.2) is 0 Å². The molecule has 24 heavy (non-hydrogen) atoms. The zero-order chi connectivity index (χ0) is 17.7. The number of hydrogen-bond acceptors (Lipinski definition) is 3. The van der Waals surface area contributed by atoms with Gasteiger partial charge >= 0.3 is 0 Å². The second kappa shape index (κ2) is 7.97. The molecule has 5 nitrogen and oxygen atoms in total. The van der Waals surface area contributed by atoms with E-state index in [-0.39, 0.29) is 5.91 Å². The summed E-state index contributed by atoms with van der Waals surface area (Å²) in [7, 11) is 0. The fraction of sp³-hybridized carbons (Fsp3) is 0.222. The van der Waals surface area contributed by atoms with E-state index in [2.05, 4.69) is 26.8 Å². The Labute approximate surface area is 149 Å². The monoisotopic (exact) mass is 390 g/mol. The van der Waals surface area contributed by atoms with Gasteiger partial charge in [0, 0.05) is 10.0 Å². The van der Waals surface area contributed by atoms with Crippen LogP contribution in [0.2, 0.25) is 0 Å². The van der Waals surface area contributed by atoms with E-state index in [0.717, 1.165) is 15.6 Å². The normalized spacial score (nSPS) is 11.5. The molecule has 0 radical (unpaired) electrons. The van der Waals surface area contributed by atoms with Gasteiger partial charge in [-0.2, -0.15) is 0 Å². The summed E-state index contributed by atoms with van der Waals surface area (Å²) in [5.74, 6) is -0.240. The molecule has 126 valence electrons. The Morgan fingerprint density at radius 2 is 1.83 bits per heavy atom. The van der Waals surface area contributed by atoms with E-state index in [1.165, 1.54) is 0 Å². The Hall–Kier alpha value is -2.34. The third-order valence-electron chi connectivity index (χ3n) is 3.40. The fourth-order valence-corrected chi connectivity index (χ4v) is 2.53. The summed E-state index contributed by atoms with van der Waals surface area (Å²) in [4.78, 5) is 24.2. The molecule has 0 aliphatic heterocycles. The van der Waals surface area contributed by atoms with Gasteiger partial charge in [-0.3, -0.25) is 20.4 Å². The van der Waals surface area contributed by atoms with E-state index >= 15 is 0 Å². The van der Waals surface area contributed by atoms with Crippen LogP contribution in [0.4, 0.5) is 0 Å². The summed E-state index contributed by atoms with van der Waals surface area (Å²) in [5, 5.41) is 0. The number of aryl methyl sites for hydroxylation is 2. The molecule has 0 aliphatic carbocycles. The van der Waals surface area contributed by atoms with E-state index in [0.29, 0.717) is 11.3 Å². The minimum atomic E-state index is -0.751. The molecular weight excluding hydrogens is 372 g/mol. The predicted molar refractivity (Wildman–Crippen MR) is 95.8 cm³/mol. The Morgan fingerprint density at radius 3 is 2.50 bits per heavy atom. The zero-order valence-electron chi connectivity index (χ0n) is 13.7. The van der Waals surface area contributed by atoms with Crippen LogP contribution in [0.3, 0.4) is 0 Å². The first-order valence-corrected chi connectivity index (χ1v) is 8.26. The second-order valence-electron chi connectivity index (χ2n) is 5.48. The van der Waals surface area contributed by atoms with Crippen molar-refractivity contribution in [1.29, 1.82) is 0 Å². The number of rotatable bonds is 4. The number of halogens is 1. The number of carbonyl (C=O) groups excluding carboxylic acids is 2. The number of ether oxygens (including phenoxy) is 1. The van der Waals surface area contributed by atoms with Gasteiger partial charge in [0.1, 0.15) is 5.75 Å². The van der Waals surface area contributed by atoms with Crippen LogP contribution in [-0.2, 0) is 4.79 Å². The third kappa shape index (κ3) is 4.83. The van der Waals surface area contributed by atoms with Gasteiger partial charge in [-0.15, -0.1) is 0 Å². The van der Waals surface area contributed by atoms with Crippen LogP contribution in [0.25, 0.3) is 0 Å². The quantitative estimate of drug-likeness (QED) is 0.786. The van der Waals surface area contributed by atoms with Gasteiger partial charge < -0.3 is 4.74 Å². The molecule has 0 bridgehead atoms. The SMILES string of the molecule is Cc1ccc(C(=O)NNC(=O)[C@@H](C)Oc2cccc(Br)c2)c(C)c1. The Morgan fingerprint density at radius 1 is 1.08 bits per heavy atom. The lowest BCUT2D eigenvalue weighted by atomic mass is 10.1. The zero-order valence-corrected chi connectivity index (χ0v) is 15.3. The van der Waals surface area contributed by atoms with Gasteiger partial charge in [-0.1, -0.05) is 39.7 Å². The summed E-state index contributed by atoms with van der Waals surface area (Å²) in [6.45, 7) is 5.42. The molecule has 2 amide bonds. The number of hydrazine groups is 1. The molecule has 1 atom stereocenters. The maximum atomic E-state index is 12.1. The van der Waals surface area contributed by atoms with Gasteiger partial charge in [0.15, 0.2) is 6.10 Å². The highest BCUT2D eigenvalue weighted by Crippen LogP contribution is 2.18. The lowest BCUT2D eigenvalue weighted by Gasteiger charge is -2.15. The predicted octanol–water partition coefficient (Wildman–Crippen LogP) is 3.29. The summed E-state index contributed by atoms with van der Waals surface area (Å²) in [5.41, 5.74) is 7.23. The summed E-state index contributed by atoms with van der Waals surface area (Å²) in [6, 6.07) is 12.7. The van der Waals surface area contributed by atoms with Gasteiger partial charge in [0.25, 0.3) is 11.8 Å². The minimum absolute atomic E-state index is 0.365. The maximum absolute atomic E-state index is 12.1. The Bertz CT molecular complexity index is 762. The molecule has 2 rings (SSSR count). The largest absolute Gasteiger partial charge is 0.481 e. The topological polar surface area (TPSA) is 67.4 Å². The van der Waals surface area contributed by atoms with Gasteiger partial charge in [0.2, 0.25) is 0 Å². The van der Waals surface area contributed by atoms with Crippen LogP contribution in [0.5, 0.6) is 5.75 Å². The molecule has 2 N–H and O–H groups in total. The van der Waals surface area contributed by atoms with Gasteiger partial charge in [-0.05, 0) is 50.6 Å². The first-order valence-electron chi connectivity index (χ1n) is 7.46. The molecular formula is C18H19BrN2O3. The number of nitrogens with one attached hydrogen (secondary N) is 2. The molecule has 0 saturated heterocycles. The number of benzene rings is 2. The first-order chi connectivity index (χ1) is 11.4. The Balaban J connectivity index is 1.91. The molecule has 2 aromatic rings. The number of amides is 2. The standard InChI is InChI=1S/C18H19BrN2O3/c1-11-7-8-16(12(2)9-11)18(23)21-20-17(22)13(3)24-15-6-4-5-14(19)10-15/h4-10,13H,1-3H3,(H,20,22)(H,21,23)/t13-/m1/s1. The van der Waals surface area contributed by atoms with Crippen molar-refractivity contribution in [3.63, 3.8) is 0 Å². The van der Waals surface area contributed by atoms with Crippen molar-refractivity contribution in [2.75, 3.05) is 0 Å². The van der Waals surface area contributed by atoms with Crippen LogP contribution >= 0.6 is 15.9 Å². The summed E-state index contributed by atoms with van der Waals surface area (Å²) in [6.07, 6.45) is -0.751. The van der Waals surface area contributed by atoms with Crippen LogP contribution in [0.1, 0.15) is 28.4 Å². The number of hydrogen-bond donors (Lipinski definition) is 2. The summed E-state index contributed by atoms with van der Waals surface area (Å²) < 4.78 is 6.40. The van der Waals surface area contributed by atoms with Crippen molar-refractivity contribution in [2.45, 2.75) is 26.9 Å². The van der Waals surface area contributed by atoms with Crippen LogP contribution < -0.4 is 15.6 Å². The summed E-state index contributed by atoms with van der Waals surface area (Å²) >= 11 is 3.34. The average Bonchev–Trinajstić information content (AvgIpc) is 2.52. The van der Waals surface area contributed by atoms with Gasteiger partial charge in [0.05, 0.1) is 0 Å². The third-order valence-corrected chi connectivity index (χ3v) is 3.90. The molecule has 6 heteroatoms. The van der Waals surface area contributed by atoms with Crippen LogP contribution in [-0.4, -0.2) is 17.9 Å². The lowest BCUT2D eigenvalue weighted by molar-refractivity contribution is -0.128. The average molecular weight is 391 g/mol. The molecule has 0 spiro atoms. The van der Waals surface area contributed by atoms with Crippen molar-refractivity contribution in [1.82, 2.24) is 10.9 Å². The minimum Gasteiger partial charge on any atom is -0.481 e.